The van der Waals surface area contributed by atoms with E-state index in [1.54, 1.807) is 38.1 Å². The van der Waals surface area contributed by atoms with Gasteiger partial charge in [-0.05, 0) is 24.3 Å². The molecule has 4 heteroatoms. The van der Waals surface area contributed by atoms with Gasteiger partial charge in [0.05, 0.1) is 5.69 Å². The van der Waals surface area contributed by atoms with Crippen molar-refractivity contribution in [2.75, 3.05) is 5.01 Å². The molecule has 3 nitrogen and oxygen atoms in total. The van der Waals surface area contributed by atoms with Crippen molar-refractivity contribution in [1.82, 2.24) is 0 Å². The van der Waals surface area contributed by atoms with Gasteiger partial charge in [-0.2, -0.15) is 0 Å². The Hall–Kier alpha value is -1.06. The third-order valence-corrected chi connectivity index (χ3v) is 2.09. The molecule has 0 bridgehead atoms. The molecule has 0 spiro atoms. The number of nitrogens with two attached hydrogens (primary N) is 1. The highest BCUT2D eigenvalue weighted by Gasteiger charge is 2.14. The predicted molar refractivity (Wildman–Crippen MR) is 58.0 cm³/mol. The number of anilines is 1. The van der Waals surface area contributed by atoms with Crippen molar-refractivity contribution in [2.45, 2.75) is 13.8 Å². The van der Waals surface area contributed by atoms with Gasteiger partial charge in [-0.3, -0.25) is 4.79 Å². The maximum atomic E-state index is 11.5. The normalized spacial score (nSPS) is 10.4. The topological polar surface area (TPSA) is 46.3 Å². The average molecular weight is 213 g/mol. The molecule has 1 aromatic rings. The number of hydrogen-bond donors (Lipinski definition) is 1. The molecule has 0 aliphatic carbocycles. The second kappa shape index (κ2) is 4.44. The Morgan fingerprint density at radius 1 is 1.36 bits per heavy atom. The molecule has 0 aliphatic heterocycles. The van der Waals surface area contributed by atoms with E-state index in [1.807, 2.05) is 0 Å². The maximum Gasteiger partial charge on any atom is 0.243 e. The largest absolute Gasteiger partial charge is 0.273 e. The fourth-order valence-corrected chi connectivity index (χ4v) is 1.13. The lowest BCUT2D eigenvalue weighted by Gasteiger charge is -2.18. The summed E-state index contributed by atoms with van der Waals surface area (Å²) in [5.74, 6) is 5.40. The van der Waals surface area contributed by atoms with Gasteiger partial charge in [-0.15, -0.1) is 0 Å². The number of benzene rings is 1. The number of carbonyl (C=O) groups is 1. The molecule has 0 saturated heterocycles. The van der Waals surface area contributed by atoms with Crippen molar-refractivity contribution in [3.05, 3.63) is 29.3 Å². The zero-order chi connectivity index (χ0) is 10.7. The van der Waals surface area contributed by atoms with E-state index in [1.165, 1.54) is 0 Å². The van der Waals surface area contributed by atoms with Crippen LogP contribution in [-0.4, -0.2) is 5.91 Å². The lowest BCUT2D eigenvalue weighted by molar-refractivity contribution is -0.121. The Labute approximate surface area is 88.4 Å². The minimum atomic E-state index is -0.118. The Morgan fingerprint density at radius 3 is 2.29 bits per heavy atom. The smallest absolute Gasteiger partial charge is 0.243 e. The van der Waals surface area contributed by atoms with Gasteiger partial charge in [0, 0.05) is 10.9 Å². The molecule has 0 aromatic heterocycles. The number of amides is 1. The first-order valence-electron chi connectivity index (χ1n) is 4.36. The van der Waals surface area contributed by atoms with Gasteiger partial charge in [-0.25, -0.2) is 10.9 Å². The molecule has 0 atom stereocenters. The van der Waals surface area contributed by atoms with Crippen LogP contribution in [-0.2, 0) is 4.79 Å². The van der Waals surface area contributed by atoms with E-state index < -0.39 is 0 Å². The first-order valence-corrected chi connectivity index (χ1v) is 4.74. The van der Waals surface area contributed by atoms with Crippen LogP contribution in [0.4, 0.5) is 5.69 Å². The predicted octanol–water partition coefficient (Wildman–Crippen LogP) is 2.20. The van der Waals surface area contributed by atoms with Gasteiger partial charge in [0.15, 0.2) is 0 Å². The van der Waals surface area contributed by atoms with Crippen LogP contribution in [0.15, 0.2) is 24.3 Å². The molecular weight excluding hydrogens is 200 g/mol. The molecule has 0 radical (unpaired) electrons. The van der Waals surface area contributed by atoms with Gasteiger partial charge in [0.2, 0.25) is 5.91 Å². The van der Waals surface area contributed by atoms with Crippen molar-refractivity contribution in [2.24, 2.45) is 11.8 Å². The van der Waals surface area contributed by atoms with Crippen molar-refractivity contribution >= 4 is 23.2 Å². The first kappa shape index (κ1) is 11.0. The summed E-state index contributed by atoms with van der Waals surface area (Å²) < 4.78 is 0. The molecule has 2 N–H and O–H groups in total. The van der Waals surface area contributed by atoms with Gasteiger partial charge in [0.1, 0.15) is 0 Å². The van der Waals surface area contributed by atoms with E-state index in [0.717, 1.165) is 5.01 Å². The Kier molecular flexibility index (Phi) is 3.49. The minimum Gasteiger partial charge on any atom is -0.273 e. The lowest BCUT2D eigenvalue weighted by Crippen LogP contribution is -2.40. The zero-order valence-corrected chi connectivity index (χ0v) is 8.95. The van der Waals surface area contributed by atoms with Crippen LogP contribution >= 0.6 is 11.6 Å². The van der Waals surface area contributed by atoms with Crippen LogP contribution in [0.25, 0.3) is 0 Å². The summed E-state index contributed by atoms with van der Waals surface area (Å²) in [5.41, 5.74) is 0.646. The molecule has 76 valence electrons. The van der Waals surface area contributed by atoms with E-state index >= 15 is 0 Å². The third kappa shape index (κ3) is 2.47. The standard InChI is InChI=1S/C10H13ClN2O/c1-7(2)10(14)13(12)9-5-3-8(11)4-6-9/h3-7H,12H2,1-2H3. The van der Waals surface area contributed by atoms with E-state index in [9.17, 15) is 4.79 Å². The van der Waals surface area contributed by atoms with Crippen LogP contribution in [0.3, 0.4) is 0 Å². The fourth-order valence-electron chi connectivity index (χ4n) is 1.01. The molecule has 0 aliphatic rings. The summed E-state index contributed by atoms with van der Waals surface area (Å²) >= 11 is 5.71. The lowest BCUT2D eigenvalue weighted by atomic mass is 10.2. The SMILES string of the molecule is CC(C)C(=O)N(N)c1ccc(Cl)cc1. The van der Waals surface area contributed by atoms with E-state index in [2.05, 4.69) is 0 Å². The van der Waals surface area contributed by atoms with Crippen LogP contribution in [0.1, 0.15) is 13.8 Å². The van der Waals surface area contributed by atoms with Gasteiger partial charge >= 0.3 is 0 Å². The van der Waals surface area contributed by atoms with Crippen molar-refractivity contribution < 1.29 is 4.79 Å². The number of hydrazine groups is 1. The summed E-state index contributed by atoms with van der Waals surface area (Å²) in [4.78, 5) is 11.5. The van der Waals surface area contributed by atoms with E-state index in [-0.39, 0.29) is 11.8 Å². The van der Waals surface area contributed by atoms with Gasteiger partial charge in [-0.1, -0.05) is 25.4 Å². The molecular formula is C10H13ClN2O. The molecule has 0 fully saturated rings. The highest BCUT2D eigenvalue weighted by Crippen LogP contribution is 2.16. The molecule has 0 saturated carbocycles. The first-order chi connectivity index (χ1) is 6.52. The molecule has 0 heterocycles. The number of rotatable bonds is 2. The number of halogens is 1. The monoisotopic (exact) mass is 212 g/mol. The summed E-state index contributed by atoms with van der Waals surface area (Å²) in [5, 5.41) is 1.76. The molecule has 1 aromatic carbocycles. The van der Waals surface area contributed by atoms with Crippen molar-refractivity contribution in [3.8, 4) is 0 Å². The minimum absolute atomic E-state index is 0.115. The van der Waals surface area contributed by atoms with Crippen molar-refractivity contribution in [1.29, 1.82) is 0 Å². The second-order valence-corrected chi connectivity index (χ2v) is 3.78. The number of carbonyl (C=O) groups excluding carboxylic acids is 1. The van der Waals surface area contributed by atoms with Crippen LogP contribution in [0, 0.1) is 5.92 Å². The molecule has 1 amide bonds. The number of nitrogens with zero attached hydrogens (tertiary/aromatic N) is 1. The maximum absolute atomic E-state index is 11.5. The quantitative estimate of drug-likeness (QED) is 0.464. The van der Waals surface area contributed by atoms with Gasteiger partial charge < -0.3 is 0 Å². The highest BCUT2D eigenvalue weighted by molar-refractivity contribution is 6.30. The third-order valence-electron chi connectivity index (χ3n) is 1.84. The van der Waals surface area contributed by atoms with E-state index in [4.69, 9.17) is 17.4 Å². The molecule has 14 heavy (non-hydrogen) atoms. The highest BCUT2D eigenvalue weighted by atomic mass is 35.5. The Morgan fingerprint density at radius 2 is 1.86 bits per heavy atom. The second-order valence-electron chi connectivity index (χ2n) is 3.34. The zero-order valence-electron chi connectivity index (χ0n) is 8.20. The van der Waals surface area contributed by atoms with E-state index in [0.29, 0.717) is 10.7 Å². The summed E-state index contributed by atoms with van der Waals surface area (Å²) in [7, 11) is 0. The summed E-state index contributed by atoms with van der Waals surface area (Å²) in [6.45, 7) is 3.61. The molecule has 0 unspecified atom stereocenters. The number of hydrogen-bond acceptors (Lipinski definition) is 2. The fraction of sp³-hybridized carbons (Fsp3) is 0.300. The van der Waals surface area contributed by atoms with Crippen LogP contribution in [0.2, 0.25) is 5.02 Å². The van der Waals surface area contributed by atoms with Gasteiger partial charge in [0.25, 0.3) is 0 Å². The Bertz CT molecular complexity index is 321. The molecule has 1 rings (SSSR count). The van der Waals surface area contributed by atoms with Crippen LogP contribution in [0.5, 0.6) is 0 Å². The van der Waals surface area contributed by atoms with Crippen LogP contribution < -0.4 is 10.9 Å². The summed E-state index contributed by atoms with van der Waals surface area (Å²) in [6.07, 6.45) is 0. The van der Waals surface area contributed by atoms with Crippen molar-refractivity contribution in [3.63, 3.8) is 0 Å². The Balaban J connectivity index is 2.84. The summed E-state index contributed by atoms with van der Waals surface area (Å²) in [6, 6.07) is 6.82. The average Bonchev–Trinajstić information content (AvgIpc) is 2.16.